The summed E-state index contributed by atoms with van der Waals surface area (Å²) in [7, 11) is 0. The van der Waals surface area contributed by atoms with E-state index in [1.54, 1.807) is 38.6 Å². The highest BCUT2D eigenvalue weighted by Gasteiger charge is 2.78. The first-order valence-corrected chi connectivity index (χ1v) is 17.4. The number of hydrogen-bond donors (Lipinski definition) is 1. The van der Waals surface area contributed by atoms with Gasteiger partial charge in [-0.05, 0) is 54.2 Å². The van der Waals surface area contributed by atoms with Crippen LogP contribution in [0.2, 0.25) is 0 Å². The van der Waals surface area contributed by atoms with Crippen LogP contribution in [0.1, 0.15) is 39.2 Å². The molecule has 3 saturated heterocycles. The molecule has 6 rings (SSSR count). The minimum Gasteiger partial charge on any atom is -0.394 e. The van der Waals surface area contributed by atoms with E-state index < -0.39 is 33.4 Å². The van der Waals surface area contributed by atoms with Crippen LogP contribution in [0.3, 0.4) is 0 Å². The van der Waals surface area contributed by atoms with Crippen LogP contribution in [0.25, 0.3) is 10.8 Å². The molecule has 0 saturated carbocycles. The third kappa shape index (κ3) is 5.49. The molecule has 7 nitrogen and oxygen atoms in total. The Hall–Kier alpha value is -3.88. The van der Waals surface area contributed by atoms with Gasteiger partial charge in [-0.3, -0.25) is 14.4 Å². The Kier molecular flexibility index (Phi) is 9.11. The number of carbonyl (C=O) groups is 3. The molecule has 8 heteroatoms. The van der Waals surface area contributed by atoms with Crippen LogP contribution in [-0.2, 0) is 20.9 Å². The van der Waals surface area contributed by atoms with Gasteiger partial charge in [-0.1, -0.05) is 86.7 Å². The van der Waals surface area contributed by atoms with Crippen LogP contribution < -0.4 is 4.90 Å². The smallest absolute Gasteiger partial charge is 0.251 e. The molecule has 0 radical (unpaired) electrons. The summed E-state index contributed by atoms with van der Waals surface area (Å²) in [5.41, 5.74) is 1.73. The number of likely N-dealkylation sites (tertiary alicyclic amines) is 1. The van der Waals surface area contributed by atoms with Crippen molar-refractivity contribution in [1.82, 2.24) is 9.80 Å². The van der Waals surface area contributed by atoms with Crippen LogP contribution in [0.15, 0.2) is 98.1 Å². The molecule has 3 heterocycles. The van der Waals surface area contributed by atoms with E-state index in [9.17, 15) is 14.7 Å². The molecule has 0 aromatic heterocycles. The molecule has 246 valence electrons. The molecule has 2 unspecified atom stereocenters. The van der Waals surface area contributed by atoms with E-state index in [4.69, 9.17) is 0 Å². The van der Waals surface area contributed by atoms with Crippen molar-refractivity contribution >= 4 is 45.9 Å². The number of aliphatic hydroxyl groups is 1. The first-order valence-electron chi connectivity index (χ1n) is 16.6. The second-order valence-corrected chi connectivity index (χ2v) is 15.6. The average molecular weight is 652 g/mol. The lowest BCUT2D eigenvalue weighted by Crippen LogP contribution is -2.58. The minimum absolute atomic E-state index is 0.0840. The van der Waals surface area contributed by atoms with Gasteiger partial charge in [0.25, 0.3) is 5.91 Å². The number of nitrogens with zero attached hydrogens (tertiary/aromatic N) is 3. The number of fused-ring (bicyclic) bond motifs is 2. The number of rotatable bonds is 12. The van der Waals surface area contributed by atoms with Gasteiger partial charge in [-0.25, -0.2) is 0 Å². The Morgan fingerprint density at radius 1 is 0.979 bits per heavy atom. The van der Waals surface area contributed by atoms with Gasteiger partial charge in [0.1, 0.15) is 6.04 Å². The van der Waals surface area contributed by atoms with Gasteiger partial charge in [0.2, 0.25) is 11.8 Å². The molecule has 3 aromatic rings. The molecular weight excluding hydrogens is 607 g/mol. The van der Waals surface area contributed by atoms with E-state index in [1.165, 1.54) is 0 Å². The Balaban J connectivity index is 1.44. The molecule has 47 heavy (non-hydrogen) atoms. The number of aliphatic hydroxyl groups excluding tert-OH is 1. The van der Waals surface area contributed by atoms with Crippen LogP contribution in [0.5, 0.6) is 0 Å². The number of hydrogen-bond acceptors (Lipinski definition) is 5. The number of benzene rings is 3. The Morgan fingerprint density at radius 2 is 1.66 bits per heavy atom. The summed E-state index contributed by atoms with van der Waals surface area (Å²) in [6.45, 7) is 14.7. The predicted molar refractivity (Wildman–Crippen MR) is 190 cm³/mol. The zero-order chi connectivity index (χ0) is 33.5. The number of amides is 3. The standard InChI is InChI=1S/C39H45N3O4S/c1-6-21-40(24-27-13-9-8-10-14-27)35(44)32-33-36(45)42(31(25-43)26(3)4)34(39(33)20-19-38(32,5)47-39)37(46)41(22-7-2)30-18-17-28-15-11-12-16-29(28)23-30/h6-18,23,26,31-34,43H,1-2,19-22,24-25H2,3-5H3/t31-,32+,33-,34?,38-,39?/m0/s1. The first-order chi connectivity index (χ1) is 22.6. The summed E-state index contributed by atoms with van der Waals surface area (Å²) in [4.78, 5) is 49.9. The highest BCUT2D eigenvalue weighted by Crippen LogP contribution is 2.72. The molecule has 3 fully saturated rings. The van der Waals surface area contributed by atoms with Crippen molar-refractivity contribution in [2.45, 2.75) is 61.7 Å². The summed E-state index contributed by atoms with van der Waals surface area (Å²) >= 11 is 1.66. The van der Waals surface area contributed by atoms with Crippen molar-refractivity contribution in [2.75, 3.05) is 24.6 Å². The summed E-state index contributed by atoms with van der Waals surface area (Å²) in [6, 6.07) is 22.4. The monoisotopic (exact) mass is 651 g/mol. The second kappa shape index (κ2) is 13.0. The lowest BCUT2D eigenvalue weighted by atomic mass is 9.66. The number of anilines is 1. The third-order valence-electron chi connectivity index (χ3n) is 10.5. The zero-order valence-corrected chi connectivity index (χ0v) is 28.4. The van der Waals surface area contributed by atoms with E-state index in [2.05, 4.69) is 20.1 Å². The predicted octanol–water partition coefficient (Wildman–Crippen LogP) is 6.07. The van der Waals surface area contributed by atoms with E-state index in [0.29, 0.717) is 25.9 Å². The maximum absolute atomic E-state index is 15.1. The maximum Gasteiger partial charge on any atom is 0.251 e. The normalized spacial score (nSPS) is 26.8. The Morgan fingerprint density at radius 3 is 2.32 bits per heavy atom. The minimum atomic E-state index is -0.849. The average Bonchev–Trinajstić information content (AvgIpc) is 3.64. The molecule has 6 atom stereocenters. The Bertz CT molecular complexity index is 1690. The molecule has 3 aliphatic heterocycles. The third-order valence-corrected chi connectivity index (χ3v) is 12.5. The molecule has 2 bridgehead atoms. The van der Waals surface area contributed by atoms with Crippen molar-refractivity contribution in [3.05, 3.63) is 104 Å². The summed E-state index contributed by atoms with van der Waals surface area (Å²) in [5, 5.41) is 12.8. The molecule has 1 spiro atoms. The van der Waals surface area contributed by atoms with Gasteiger partial charge in [-0.15, -0.1) is 24.9 Å². The first kappa shape index (κ1) is 33.0. The fraction of sp³-hybridized carbons (Fsp3) is 0.410. The lowest BCUT2D eigenvalue weighted by molar-refractivity contribution is -0.147. The number of thioether (sulfide) groups is 1. The van der Waals surface area contributed by atoms with E-state index in [0.717, 1.165) is 22.0 Å². The van der Waals surface area contributed by atoms with Crippen molar-refractivity contribution in [3.63, 3.8) is 0 Å². The Labute approximate surface area is 282 Å². The summed E-state index contributed by atoms with van der Waals surface area (Å²) in [6.07, 6.45) is 4.79. The van der Waals surface area contributed by atoms with E-state index >= 15 is 4.79 Å². The van der Waals surface area contributed by atoms with Gasteiger partial charge in [0.15, 0.2) is 0 Å². The van der Waals surface area contributed by atoms with E-state index in [-0.39, 0.29) is 36.8 Å². The highest BCUT2D eigenvalue weighted by atomic mass is 32.2. The highest BCUT2D eigenvalue weighted by molar-refractivity contribution is 8.02. The topological polar surface area (TPSA) is 81.2 Å². The lowest BCUT2D eigenvalue weighted by Gasteiger charge is -2.40. The summed E-state index contributed by atoms with van der Waals surface area (Å²) < 4.78 is -1.33. The van der Waals surface area contributed by atoms with Crippen LogP contribution in [0, 0.1) is 17.8 Å². The molecule has 3 aromatic carbocycles. The number of carbonyl (C=O) groups excluding carboxylic acids is 3. The zero-order valence-electron chi connectivity index (χ0n) is 27.5. The summed E-state index contributed by atoms with van der Waals surface area (Å²) in [5.74, 6) is -1.90. The van der Waals surface area contributed by atoms with Crippen LogP contribution in [0.4, 0.5) is 5.69 Å². The van der Waals surface area contributed by atoms with Gasteiger partial charge < -0.3 is 19.8 Å². The van der Waals surface area contributed by atoms with Crippen LogP contribution >= 0.6 is 11.8 Å². The molecule has 3 amide bonds. The largest absolute Gasteiger partial charge is 0.394 e. The molecule has 1 N–H and O–H groups in total. The van der Waals surface area contributed by atoms with Gasteiger partial charge in [0, 0.05) is 30.1 Å². The fourth-order valence-electron chi connectivity index (χ4n) is 8.33. The van der Waals surface area contributed by atoms with E-state index in [1.807, 2.05) is 86.6 Å². The van der Waals surface area contributed by atoms with Crippen molar-refractivity contribution in [3.8, 4) is 0 Å². The molecular formula is C39H45N3O4S. The quantitative estimate of drug-likeness (QED) is 0.241. The SMILES string of the molecule is C=CCN(Cc1ccccc1)C(=O)[C@H]1[C@H]2C(=O)N([C@@H](CO)C(C)C)C(C(=O)N(CC=C)c3ccc4ccccc4c3)C23CC[C@]1(C)S3. The van der Waals surface area contributed by atoms with Crippen molar-refractivity contribution < 1.29 is 19.5 Å². The maximum atomic E-state index is 15.1. The van der Waals surface area contributed by atoms with Crippen molar-refractivity contribution in [2.24, 2.45) is 17.8 Å². The van der Waals surface area contributed by atoms with Gasteiger partial charge >= 0.3 is 0 Å². The van der Waals surface area contributed by atoms with Gasteiger partial charge in [-0.2, -0.15) is 0 Å². The molecule has 3 aliphatic rings. The fourth-order valence-corrected chi connectivity index (χ4v) is 10.7. The van der Waals surface area contributed by atoms with Crippen molar-refractivity contribution in [1.29, 1.82) is 0 Å². The van der Waals surface area contributed by atoms with Gasteiger partial charge in [0.05, 0.1) is 29.2 Å². The van der Waals surface area contributed by atoms with Crippen LogP contribution in [-0.4, -0.2) is 73.9 Å². The molecule has 0 aliphatic carbocycles. The second-order valence-electron chi connectivity index (χ2n) is 13.7.